The van der Waals surface area contributed by atoms with Crippen molar-refractivity contribution in [1.29, 1.82) is 0 Å². The van der Waals surface area contributed by atoms with E-state index in [1.165, 1.54) is 6.07 Å². The third kappa shape index (κ3) is 2.06. The van der Waals surface area contributed by atoms with Crippen LogP contribution in [0.4, 0.5) is 10.1 Å². The Bertz CT molecular complexity index is 492. The predicted molar refractivity (Wildman–Crippen MR) is 66.2 cm³/mol. The molecule has 0 fully saturated rings. The number of hydrogen-bond donors (Lipinski definition) is 0. The number of benzene rings is 2. The van der Waals surface area contributed by atoms with E-state index < -0.39 is 0 Å². The van der Waals surface area contributed by atoms with Gasteiger partial charge in [0.15, 0.2) is 0 Å². The highest BCUT2D eigenvalue weighted by atomic mass is 19.1. The first-order valence-corrected chi connectivity index (χ1v) is 5.21. The van der Waals surface area contributed by atoms with Crippen LogP contribution in [0.1, 0.15) is 0 Å². The summed E-state index contributed by atoms with van der Waals surface area (Å²) in [5, 5.41) is 0. The smallest absolute Gasteiger partial charge is 0.131 e. The first-order chi connectivity index (χ1) is 7.68. The van der Waals surface area contributed by atoms with Crippen molar-refractivity contribution in [3.8, 4) is 11.1 Å². The first-order valence-electron chi connectivity index (χ1n) is 5.21. The third-order valence-corrected chi connectivity index (χ3v) is 2.55. The summed E-state index contributed by atoms with van der Waals surface area (Å²) in [6.07, 6.45) is 0. The molecule has 82 valence electrons. The molecule has 0 radical (unpaired) electrons. The van der Waals surface area contributed by atoms with Crippen LogP contribution in [0.25, 0.3) is 11.1 Å². The van der Waals surface area contributed by atoms with E-state index >= 15 is 0 Å². The summed E-state index contributed by atoms with van der Waals surface area (Å²) in [6.45, 7) is 0. The molecule has 0 aliphatic carbocycles. The molecule has 1 nitrogen and oxygen atoms in total. The van der Waals surface area contributed by atoms with Crippen molar-refractivity contribution < 1.29 is 4.39 Å². The summed E-state index contributed by atoms with van der Waals surface area (Å²) < 4.78 is 13.6. The van der Waals surface area contributed by atoms with Crippen LogP contribution in [0.5, 0.6) is 0 Å². The van der Waals surface area contributed by atoms with Crippen molar-refractivity contribution in [2.45, 2.75) is 0 Å². The molecule has 2 heteroatoms. The van der Waals surface area contributed by atoms with Crippen LogP contribution in [0.15, 0.2) is 48.5 Å². The van der Waals surface area contributed by atoms with E-state index in [1.807, 2.05) is 49.3 Å². The topological polar surface area (TPSA) is 3.24 Å². The molecular formula is C14H14FN. The number of halogens is 1. The number of hydrogen-bond acceptors (Lipinski definition) is 1. The monoisotopic (exact) mass is 215 g/mol. The van der Waals surface area contributed by atoms with Gasteiger partial charge >= 0.3 is 0 Å². The van der Waals surface area contributed by atoms with Crippen LogP contribution in [-0.4, -0.2) is 14.1 Å². The lowest BCUT2D eigenvalue weighted by Gasteiger charge is -2.13. The molecule has 0 amide bonds. The Balaban J connectivity index is 2.49. The quantitative estimate of drug-likeness (QED) is 0.740. The average Bonchev–Trinajstić information content (AvgIpc) is 2.30. The minimum Gasteiger partial charge on any atom is -0.378 e. The molecule has 2 aromatic rings. The van der Waals surface area contributed by atoms with Crippen LogP contribution >= 0.6 is 0 Å². The van der Waals surface area contributed by atoms with Gasteiger partial charge in [0.1, 0.15) is 5.82 Å². The van der Waals surface area contributed by atoms with Gasteiger partial charge in [-0.3, -0.25) is 0 Å². The zero-order valence-corrected chi connectivity index (χ0v) is 9.44. The van der Waals surface area contributed by atoms with E-state index in [1.54, 1.807) is 12.1 Å². The van der Waals surface area contributed by atoms with Crippen molar-refractivity contribution in [1.82, 2.24) is 0 Å². The number of rotatable bonds is 2. The van der Waals surface area contributed by atoms with Gasteiger partial charge in [0.2, 0.25) is 0 Å². The second-order valence-corrected chi connectivity index (χ2v) is 3.92. The van der Waals surface area contributed by atoms with Crippen molar-refractivity contribution in [2.24, 2.45) is 0 Å². The standard InChI is InChI=1S/C14H14FN/c1-16(2)12-7-5-6-11(10-12)13-8-3-4-9-14(13)15/h3-10H,1-2H3. The molecule has 0 aliphatic heterocycles. The molecule has 0 heterocycles. The average molecular weight is 215 g/mol. The van der Waals surface area contributed by atoms with Crippen molar-refractivity contribution in [2.75, 3.05) is 19.0 Å². The second-order valence-electron chi connectivity index (χ2n) is 3.92. The molecule has 2 rings (SSSR count). The summed E-state index contributed by atoms with van der Waals surface area (Å²) >= 11 is 0. The van der Waals surface area contributed by atoms with Crippen LogP contribution in [0.2, 0.25) is 0 Å². The largest absolute Gasteiger partial charge is 0.378 e. The minimum absolute atomic E-state index is 0.182. The SMILES string of the molecule is CN(C)c1cccc(-c2ccccc2F)c1. The molecule has 0 bridgehead atoms. The van der Waals surface area contributed by atoms with E-state index in [9.17, 15) is 4.39 Å². The normalized spacial score (nSPS) is 10.2. The number of nitrogens with zero attached hydrogens (tertiary/aromatic N) is 1. The fraction of sp³-hybridized carbons (Fsp3) is 0.143. The molecule has 0 unspecified atom stereocenters. The number of anilines is 1. The highest BCUT2D eigenvalue weighted by Gasteiger charge is 2.04. The molecule has 2 aromatic carbocycles. The Labute approximate surface area is 95.1 Å². The van der Waals surface area contributed by atoms with Gasteiger partial charge in [-0.1, -0.05) is 30.3 Å². The first kappa shape index (κ1) is 10.7. The van der Waals surface area contributed by atoms with Crippen LogP contribution in [-0.2, 0) is 0 Å². The highest BCUT2D eigenvalue weighted by molar-refractivity contribution is 5.68. The predicted octanol–water partition coefficient (Wildman–Crippen LogP) is 3.56. The summed E-state index contributed by atoms with van der Waals surface area (Å²) in [4.78, 5) is 2.00. The molecule has 16 heavy (non-hydrogen) atoms. The fourth-order valence-electron chi connectivity index (χ4n) is 1.65. The van der Waals surface area contributed by atoms with Crippen molar-refractivity contribution in [3.63, 3.8) is 0 Å². The maximum atomic E-state index is 13.6. The van der Waals surface area contributed by atoms with Gasteiger partial charge in [0, 0.05) is 25.3 Å². The lowest BCUT2D eigenvalue weighted by atomic mass is 10.0. The summed E-state index contributed by atoms with van der Waals surface area (Å²) in [5.74, 6) is -0.182. The van der Waals surface area contributed by atoms with Crippen LogP contribution in [0.3, 0.4) is 0 Å². The molecule has 0 aliphatic rings. The van der Waals surface area contributed by atoms with E-state index in [4.69, 9.17) is 0 Å². The molecule has 0 N–H and O–H groups in total. The van der Waals surface area contributed by atoms with Gasteiger partial charge in [-0.25, -0.2) is 4.39 Å². The Hall–Kier alpha value is -1.83. The zero-order chi connectivity index (χ0) is 11.5. The van der Waals surface area contributed by atoms with Gasteiger partial charge in [0.25, 0.3) is 0 Å². The summed E-state index contributed by atoms with van der Waals surface area (Å²) in [6, 6.07) is 14.7. The molecular weight excluding hydrogens is 201 g/mol. The van der Waals surface area contributed by atoms with Gasteiger partial charge in [0.05, 0.1) is 0 Å². The van der Waals surface area contributed by atoms with E-state index in [-0.39, 0.29) is 5.82 Å². The molecule has 0 atom stereocenters. The maximum Gasteiger partial charge on any atom is 0.131 e. The van der Waals surface area contributed by atoms with Gasteiger partial charge in [-0.2, -0.15) is 0 Å². The lowest BCUT2D eigenvalue weighted by Crippen LogP contribution is -2.08. The zero-order valence-electron chi connectivity index (χ0n) is 9.44. The van der Waals surface area contributed by atoms with Crippen LogP contribution in [0, 0.1) is 5.82 Å². The molecule has 0 saturated carbocycles. The minimum atomic E-state index is -0.182. The third-order valence-electron chi connectivity index (χ3n) is 2.55. The fourth-order valence-corrected chi connectivity index (χ4v) is 1.65. The van der Waals surface area contributed by atoms with E-state index in [0.29, 0.717) is 5.56 Å². The lowest BCUT2D eigenvalue weighted by molar-refractivity contribution is 0.631. The Morgan fingerprint density at radius 1 is 0.938 bits per heavy atom. The van der Waals surface area contributed by atoms with Gasteiger partial charge in [-0.05, 0) is 23.8 Å². The maximum absolute atomic E-state index is 13.6. The second kappa shape index (κ2) is 4.35. The highest BCUT2D eigenvalue weighted by Crippen LogP contribution is 2.25. The Morgan fingerprint density at radius 2 is 1.69 bits per heavy atom. The van der Waals surface area contributed by atoms with E-state index in [2.05, 4.69) is 0 Å². The Kier molecular flexibility index (Phi) is 2.91. The van der Waals surface area contributed by atoms with Gasteiger partial charge in [-0.15, -0.1) is 0 Å². The van der Waals surface area contributed by atoms with Crippen molar-refractivity contribution in [3.05, 3.63) is 54.3 Å². The summed E-state index contributed by atoms with van der Waals surface area (Å²) in [5.41, 5.74) is 2.62. The van der Waals surface area contributed by atoms with E-state index in [0.717, 1.165) is 11.3 Å². The molecule has 0 spiro atoms. The molecule has 0 aromatic heterocycles. The summed E-state index contributed by atoms with van der Waals surface area (Å²) in [7, 11) is 3.95. The molecule has 0 saturated heterocycles. The van der Waals surface area contributed by atoms with Crippen molar-refractivity contribution >= 4 is 5.69 Å². The Morgan fingerprint density at radius 3 is 2.38 bits per heavy atom. The van der Waals surface area contributed by atoms with Crippen LogP contribution < -0.4 is 4.90 Å². The van der Waals surface area contributed by atoms with Gasteiger partial charge < -0.3 is 4.90 Å².